The Hall–Kier alpha value is -2.18. The number of carbonyl (C=O) groups is 1. The van der Waals surface area contributed by atoms with Gasteiger partial charge in [0.25, 0.3) is 5.91 Å². The van der Waals surface area contributed by atoms with Crippen molar-refractivity contribution in [3.8, 4) is 0 Å². The lowest BCUT2D eigenvalue weighted by atomic mass is 10.1. The summed E-state index contributed by atoms with van der Waals surface area (Å²) >= 11 is 0. The van der Waals surface area contributed by atoms with Crippen molar-refractivity contribution in [3.63, 3.8) is 0 Å². The minimum absolute atomic E-state index is 0.204. The van der Waals surface area contributed by atoms with Gasteiger partial charge in [-0.05, 0) is 32.9 Å². The van der Waals surface area contributed by atoms with Crippen LogP contribution in [0.4, 0.5) is 0 Å². The van der Waals surface area contributed by atoms with E-state index < -0.39 is 5.60 Å². The molecule has 0 saturated heterocycles. The Morgan fingerprint density at radius 2 is 1.88 bits per heavy atom. The van der Waals surface area contributed by atoms with Crippen LogP contribution in [0.2, 0.25) is 0 Å². The highest BCUT2D eigenvalue weighted by Gasteiger charge is 2.20. The smallest absolute Gasteiger partial charge is 0.275 e. The maximum Gasteiger partial charge on any atom is 0.275 e. The summed E-state index contributed by atoms with van der Waals surface area (Å²) in [6, 6.07) is 11.8. The zero-order valence-corrected chi connectivity index (χ0v) is 15.4. The number of amides is 1. The molecule has 1 heterocycles. The fraction of sp³-hybridized carbons (Fsp3) is 0.474. The molecule has 136 valence electrons. The molecule has 1 aromatic carbocycles. The van der Waals surface area contributed by atoms with Gasteiger partial charge >= 0.3 is 0 Å². The maximum atomic E-state index is 12.4. The molecule has 0 atom stereocenters. The van der Waals surface area contributed by atoms with Crippen LogP contribution in [0, 0.1) is 0 Å². The van der Waals surface area contributed by atoms with Crippen molar-refractivity contribution in [1.82, 2.24) is 15.0 Å². The molecule has 25 heavy (non-hydrogen) atoms. The molecule has 1 aromatic heterocycles. The number of benzene rings is 1. The van der Waals surface area contributed by atoms with E-state index in [4.69, 9.17) is 4.52 Å². The fourth-order valence-electron chi connectivity index (χ4n) is 2.44. The SMILES string of the molecule is CN(Cc1ccccc1)Cc1cc(C(=O)N(C)CCC(C)(C)O)no1. The third-order valence-corrected chi connectivity index (χ3v) is 3.90. The minimum atomic E-state index is -0.802. The van der Waals surface area contributed by atoms with E-state index in [0.29, 0.717) is 31.0 Å². The number of rotatable bonds is 8. The number of aliphatic hydroxyl groups is 1. The van der Waals surface area contributed by atoms with E-state index >= 15 is 0 Å². The molecule has 0 radical (unpaired) electrons. The van der Waals surface area contributed by atoms with E-state index in [9.17, 15) is 9.90 Å². The second kappa shape index (κ2) is 8.27. The largest absolute Gasteiger partial charge is 0.390 e. The van der Waals surface area contributed by atoms with Crippen LogP contribution in [0.5, 0.6) is 0 Å². The molecule has 0 spiro atoms. The van der Waals surface area contributed by atoms with Gasteiger partial charge < -0.3 is 14.5 Å². The summed E-state index contributed by atoms with van der Waals surface area (Å²) < 4.78 is 5.30. The van der Waals surface area contributed by atoms with Gasteiger partial charge in [-0.1, -0.05) is 35.5 Å². The highest BCUT2D eigenvalue weighted by Crippen LogP contribution is 2.13. The lowest BCUT2D eigenvalue weighted by Crippen LogP contribution is -2.32. The van der Waals surface area contributed by atoms with E-state index in [1.165, 1.54) is 5.56 Å². The molecule has 2 aromatic rings. The Morgan fingerprint density at radius 3 is 2.52 bits per heavy atom. The van der Waals surface area contributed by atoms with Crippen molar-refractivity contribution in [2.24, 2.45) is 0 Å². The number of hydrogen-bond donors (Lipinski definition) is 1. The van der Waals surface area contributed by atoms with Crippen LogP contribution < -0.4 is 0 Å². The van der Waals surface area contributed by atoms with Crippen molar-refractivity contribution >= 4 is 5.91 Å². The van der Waals surface area contributed by atoms with Crippen LogP contribution >= 0.6 is 0 Å². The normalized spacial score (nSPS) is 11.8. The molecule has 0 aliphatic heterocycles. The first-order valence-electron chi connectivity index (χ1n) is 8.40. The third kappa shape index (κ3) is 6.32. The molecule has 1 amide bonds. The van der Waals surface area contributed by atoms with Crippen LogP contribution in [0.1, 0.15) is 42.1 Å². The molecule has 0 bridgehead atoms. The quantitative estimate of drug-likeness (QED) is 0.796. The van der Waals surface area contributed by atoms with Gasteiger partial charge in [-0.15, -0.1) is 0 Å². The zero-order chi connectivity index (χ0) is 18.4. The first kappa shape index (κ1) is 19.1. The van der Waals surface area contributed by atoms with E-state index in [1.807, 2.05) is 25.2 Å². The van der Waals surface area contributed by atoms with Crippen LogP contribution in [-0.2, 0) is 13.1 Å². The lowest BCUT2D eigenvalue weighted by Gasteiger charge is -2.22. The van der Waals surface area contributed by atoms with Gasteiger partial charge in [0.1, 0.15) is 0 Å². The summed E-state index contributed by atoms with van der Waals surface area (Å²) in [6.07, 6.45) is 0.500. The standard InChI is InChI=1S/C19H27N3O3/c1-19(2,24)10-11-22(4)18(23)17-12-16(25-20-17)14-21(3)13-15-8-6-5-7-9-15/h5-9,12,24H,10-11,13-14H2,1-4H3. The molecule has 0 fully saturated rings. The van der Waals surface area contributed by atoms with E-state index in [-0.39, 0.29) is 5.91 Å². The second-order valence-corrected chi connectivity index (χ2v) is 7.13. The number of nitrogens with zero attached hydrogens (tertiary/aromatic N) is 3. The van der Waals surface area contributed by atoms with Crippen molar-refractivity contribution in [3.05, 3.63) is 53.4 Å². The zero-order valence-electron chi connectivity index (χ0n) is 15.4. The van der Waals surface area contributed by atoms with Gasteiger partial charge in [-0.25, -0.2) is 0 Å². The van der Waals surface area contributed by atoms with Crippen LogP contribution in [-0.4, -0.2) is 52.2 Å². The van der Waals surface area contributed by atoms with E-state index in [1.54, 1.807) is 31.9 Å². The predicted molar refractivity (Wildman–Crippen MR) is 96.0 cm³/mol. The topological polar surface area (TPSA) is 69.8 Å². The molecular formula is C19H27N3O3. The molecule has 2 rings (SSSR count). The molecule has 0 aliphatic carbocycles. The molecule has 0 aliphatic rings. The summed E-state index contributed by atoms with van der Waals surface area (Å²) in [5.74, 6) is 0.447. The van der Waals surface area contributed by atoms with Crippen LogP contribution in [0.3, 0.4) is 0 Å². The summed E-state index contributed by atoms with van der Waals surface area (Å²) in [5, 5.41) is 13.7. The first-order valence-corrected chi connectivity index (χ1v) is 8.40. The fourth-order valence-corrected chi connectivity index (χ4v) is 2.44. The summed E-state index contributed by atoms with van der Waals surface area (Å²) in [5.41, 5.74) is 0.706. The highest BCUT2D eigenvalue weighted by atomic mass is 16.5. The average molecular weight is 345 g/mol. The number of carbonyl (C=O) groups excluding carboxylic acids is 1. The van der Waals surface area contributed by atoms with Gasteiger partial charge in [0, 0.05) is 26.2 Å². The summed E-state index contributed by atoms with van der Waals surface area (Å²) in [6.45, 7) is 5.27. The van der Waals surface area contributed by atoms with Gasteiger partial charge in [-0.2, -0.15) is 0 Å². The van der Waals surface area contributed by atoms with E-state index in [2.05, 4.69) is 22.2 Å². The third-order valence-electron chi connectivity index (χ3n) is 3.90. The van der Waals surface area contributed by atoms with Crippen molar-refractivity contribution < 1.29 is 14.4 Å². The Labute approximate surface area is 149 Å². The number of hydrogen-bond acceptors (Lipinski definition) is 5. The van der Waals surface area contributed by atoms with Gasteiger partial charge in [-0.3, -0.25) is 9.69 Å². The molecule has 0 unspecified atom stereocenters. The molecule has 6 nitrogen and oxygen atoms in total. The van der Waals surface area contributed by atoms with Crippen molar-refractivity contribution in [2.45, 2.75) is 39.0 Å². The minimum Gasteiger partial charge on any atom is -0.390 e. The van der Waals surface area contributed by atoms with Gasteiger partial charge in [0.15, 0.2) is 11.5 Å². The molecular weight excluding hydrogens is 318 g/mol. The highest BCUT2D eigenvalue weighted by molar-refractivity contribution is 5.92. The van der Waals surface area contributed by atoms with Crippen molar-refractivity contribution in [1.29, 1.82) is 0 Å². The summed E-state index contributed by atoms with van der Waals surface area (Å²) in [4.78, 5) is 16.0. The van der Waals surface area contributed by atoms with Crippen molar-refractivity contribution in [2.75, 3.05) is 20.6 Å². The predicted octanol–water partition coefficient (Wildman–Crippen LogP) is 2.54. The Bertz CT molecular complexity index is 677. The number of aromatic nitrogens is 1. The van der Waals surface area contributed by atoms with Crippen LogP contribution in [0.15, 0.2) is 40.9 Å². The monoisotopic (exact) mass is 345 g/mol. The van der Waals surface area contributed by atoms with Gasteiger partial charge in [0.05, 0.1) is 12.1 Å². The first-order chi connectivity index (χ1) is 11.7. The maximum absolute atomic E-state index is 12.4. The van der Waals surface area contributed by atoms with Crippen LogP contribution in [0.25, 0.3) is 0 Å². The van der Waals surface area contributed by atoms with Gasteiger partial charge in [0.2, 0.25) is 0 Å². The molecule has 0 saturated carbocycles. The lowest BCUT2D eigenvalue weighted by molar-refractivity contribution is 0.0540. The average Bonchev–Trinajstić information content (AvgIpc) is 3.00. The second-order valence-electron chi connectivity index (χ2n) is 7.13. The van der Waals surface area contributed by atoms with E-state index in [0.717, 1.165) is 6.54 Å². The molecule has 1 N–H and O–H groups in total. The molecule has 6 heteroatoms. The summed E-state index contributed by atoms with van der Waals surface area (Å²) in [7, 11) is 3.69. The Kier molecular flexibility index (Phi) is 6.33. The Morgan fingerprint density at radius 1 is 1.20 bits per heavy atom. The Balaban J connectivity index is 1.89.